The van der Waals surface area contributed by atoms with Crippen molar-refractivity contribution in [3.8, 4) is 0 Å². The maximum Gasteiger partial charge on any atom is 0.230 e. The van der Waals surface area contributed by atoms with Crippen LogP contribution in [0.2, 0.25) is 0 Å². The van der Waals surface area contributed by atoms with E-state index in [0.29, 0.717) is 6.04 Å². The Labute approximate surface area is 138 Å². The van der Waals surface area contributed by atoms with E-state index in [9.17, 15) is 9.90 Å². The van der Waals surface area contributed by atoms with Crippen molar-refractivity contribution >= 4 is 5.91 Å². The summed E-state index contributed by atoms with van der Waals surface area (Å²) in [5.74, 6) is 1.73. The third-order valence-electron chi connectivity index (χ3n) is 5.46. The number of carbonyl (C=O) groups excluding carboxylic acids is 1. The first-order valence-corrected chi connectivity index (χ1v) is 8.75. The lowest BCUT2D eigenvalue weighted by Gasteiger charge is -2.39. The molecule has 1 aromatic heterocycles. The highest BCUT2D eigenvalue weighted by atomic mass is 16.3. The van der Waals surface area contributed by atoms with Crippen molar-refractivity contribution in [3.63, 3.8) is 0 Å². The average Bonchev–Trinajstić information content (AvgIpc) is 3.11. The fourth-order valence-electron chi connectivity index (χ4n) is 4.11. The normalized spacial score (nSPS) is 27.4. The van der Waals surface area contributed by atoms with Gasteiger partial charge in [0.05, 0.1) is 12.0 Å². The van der Waals surface area contributed by atoms with Crippen molar-refractivity contribution in [2.45, 2.75) is 58.1 Å². The smallest absolute Gasteiger partial charge is 0.230 e. The van der Waals surface area contributed by atoms with Gasteiger partial charge in [-0.2, -0.15) is 0 Å². The van der Waals surface area contributed by atoms with Crippen LogP contribution in [0.15, 0.2) is 10.5 Å². The molecule has 1 aliphatic carbocycles. The second-order valence-electron chi connectivity index (χ2n) is 7.02. The molecule has 0 unspecified atom stereocenters. The standard InChI is InChI=1S/C18H28N2O3/c1-12-11-15(14(3)23-12)13(2)18(22)20-9-7-19(8-10-20)16-5-4-6-17(16)21/h11,13,16-17,21H,4-10H2,1-3H3/t13-,16+,17-/m0/s1. The Bertz CT molecular complexity index is 561. The number of aliphatic hydroxyl groups excluding tert-OH is 1. The third-order valence-corrected chi connectivity index (χ3v) is 5.46. The Morgan fingerprint density at radius 3 is 2.48 bits per heavy atom. The number of nitrogens with zero attached hydrogens (tertiary/aromatic N) is 2. The number of rotatable bonds is 3. The van der Waals surface area contributed by atoms with Crippen LogP contribution < -0.4 is 0 Å². The van der Waals surface area contributed by atoms with E-state index < -0.39 is 0 Å². The predicted molar refractivity (Wildman–Crippen MR) is 88.4 cm³/mol. The Hall–Kier alpha value is -1.33. The van der Waals surface area contributed by atoms with Crippen LogP contribution >= 0.6 is 0 Å². The van der Waals surface area contributed by atoms with E-state index in [1.165, 1.54) is 0 Å². The lowest BCUT2D eigenvalue weighted by molar-refractivity contribution is -0.134. The van der Waals surface area contributed by atoms with Crippen LogP contribution in [0.25, 0.3) is 0 Å². The lowest BCUT2D eigenvalue weighted by atomic mass is 9.99. The van der Waals surface area contributed by atoms with E-state index in [2.05, 4.69) is 4.90 Å². The van der Waals surface area contributed by atoms with Gasteiger partial charge in [0, 0.05) is 37.8 Å². The zero-order chi connectivity index (χ0) is 16.6. The summed E-state index contributed by atoms with van der Waals surface area (Å²) in [4.78, 5) is 17.1. The van der Waals surface area contributed by atoms with Crippen molar-refractivity contribution in [2.24, 2.45) is 0 Å². The van der Waals surface area contributed by atoms with Crippen molar-refractivity contribution in [3.05, 3.63) is 23.2 Å². The molecule has 0 spiro atoms. The minimum absolute atomic E-state index is 0.156. The number of hydrogen-bond donors (Lipinski definition) is 1. The first-order chi connectivity index (χ1) is 11.0. The first kappa shape index (κ1) is 16.5. The van der Waals surface area contributed by atoms with Gasteiger partial charge in [-0.05, 0) is 46.1 Å². The topological polar surface area (TPSA) is 56.9 Å². The highest BCUT2D eigenvalue weighted by molar-refractivity contribution is 5.83. The molecular weight excluding hydrogens is 292 g/mol. The van der Waals surface area contributed by atoms with Crippen LogP contribution in [-0.4, -0.2) is 59.1 Å². The number of furan rings is 1. The van der Waals surface area contributed by atoms with Crippen LogP contribution in [0.3, 0.4) is 0 Å². The Balaban J connectivity index is 1.58. The lowest BCUT2D eigenvalue weighted by Crippen LogP contribution is -2.54. The summed E-state index contributed by atoms with van der Waals surface area (Å²) < 4.78 is 5.56. The van der Waals surface area contributed by atoms with E-state index in [1.807, 2.05) is 31.7 Å². The van der Waals surface area contributed by atoms with E-state index in [0.717, 1.165) is 62.5 Å². The van der Waals surface area contributed by atoms with Crippen LogP contribution in [0, 0.1) is 13.8 Å². The van der Waals surface area contributed by atoms with Gasteiger partial charge in [0.25, 0.3) is 0 Å². The summed E-state index contributed by atoms with van der Waals surface area (Å²) >= 11 is 0. The molecule has 1 saturated carbocycles. The molecule has 2 heterocycles. The Morgan fingerprint density at radius 1 is 1.26 bits per heavy atom. The summed E-state index contributed by atoms with van der Waals surface area (Å²) in [5.41, 5.74) is 1.00. The van der Waals surface area contributed by atoms with Gasteiger partial charge < -0.3 is 14.4 Å². The van der Waals surface area contributed by atoms with Crippen LogP contribution in [-0.2, 0) is 4.79 Å². The van der Waals surface area contributed by atoms with Gasteiger partial charge in [-0.1, -0.05) is 0 Å². The first-order valence-electron chi connectivity index (χ1n) is 8.75. The minimum atomic E-state index is -0.187. The van der Waals surface area contributed by atoms with E-state index in [1.54, 1.807) is 0 Å². The maximum atomic E-state index is 12.8. The summed E-state index contributed by atoms with van der Waals surface area (Å²) in [6.45, 7) is 9.04. The summed E-state index contributed by atoms with van der Waals surface area (Å²) in [6, 6.07) is 2.27. The molecule has 0 aromatic carbocycles. The molecule has 5 heteroatoms. The number of aryl methyl sites for hydroxylation is 2. The van der Waals surface area contributed by atoms with Gasteiger partial charge in [-0.25, -0.2) is 0 Å². The fraction of sp³-hybridized carbons (Fsp3) is 0.722. The molecule has 1 aromatic rings. The predicted octanol–water partition coefficient (Wildman–Crippen LogP) is 2.06. The molecular formula is C18H28N2O3. The summed E-state index contributed by atoms with van der Waals surface area (Å²) in [6.07, 6.45) is 2.92. The number of aliphatic hydroxyl groups is 1. The van der Waals surface area contributed by atoms with Gasteiger partial charge in [-0.15, -0.1) is 0 Å². The van der Waals surface area contributed by atoms with E-state index in [-0.39, 0.29) is 17.9 Å². The third kappa shape index (κ3) is 3.31. The zero-order valence-corrected chi connectivity index (χ0v) is 14.4. The van der Waals surface area contributed by atoms with Crippen molar-refractivity contribution < 1.29 is 14.3 Å². The molecule has 0 radical (unpaired) electrons. The molecule has 2 fully saturated rings. The van der Waals surface area contributed by atoms with E-state index in [4.69, 9.17) is 4.42 Å². The molecule has 1 saturated heterocycles. The quantitative estimate of drug-likeness (QED) is 0.926. The number of hydrogen-bond acceptors (Lipinski definition) is 4. The second-order valence-corrected chi connectivity index (χ2v) is 7.02. The van der Waals surface area contributed by atoms with Crippen LogP contribution in [0.4, 0.5) is 0 Å². The Kier molecular flexibility index (Phi) is 4.78. The van der Waals surface area contributed by atoms with Crippen LogP contribution in [0.5, 0.6) is 0 Å². The van der Waals surface area contributed by atoms with E-state index >= 15 is 0 Å². The number of amides is 1. The number of carbonyl (C=O) groups is 1. The monoisotopic (exact) mass is 320 g/mol. The number of piperazine rings is 1. The largest absolute Gasteiger partial charge is 0.466 e. The van der Waals surface area contributed by atoms with Crippen molar-refractivity contribution in [2.75, 3.05) is 26.2 Å². The van der Waals surface area contributed by atoms with Gasteiger partial charge in [-0.3, -0.25) is 9.69 Å². The molecule has 3 rings (SSSR count). The average molecular weight is 320 g/mol. The van der Waals surface area contributed by atoms with Gasteiger partial charge in [0.1, 0.15) is 11.5 Å². The highest BCUT2D eigenvalue weighted by Gasteiger charge is 2.34. The van der Waals surface area contributed by atoms with Gasteiger partial charge in [0.2, 0.25) is 5.91 Å². The maximum absolute atomic E-state index is 12.8. The molecule has 5 nitrogen and oxygen atoms in total. The molecule has 23 heavy (non-hydrogen) atoms. The summed E-state index contributed by atoms with van der Waals surface area (Å²) in [5, 5.41) is 10.1. The zero-order valence-electron chi connectivity index (χ0n) is 14.4. The van der Waals surface area contributed by atoms with Crippen molar-refractivity contribution in [1.29, 1.82) is 0 Å². The highest BCUT2D eigenvalue weighted by Crippen LogP contribution is 2.27. The second kappa shape index (κ2) is 6.65. The molecule has 1 N–H and O–H groups in total. The molecule has 128 valence electrons. The SMILES string of the molecule is Cc1cc([C@H](C)C(=O)N2CCN([C@@H]3CCC[C@@H]3O)CC2)c(C)o1. The Morgan fingerprint density at radius 2 is 1.96 bits per heavy atom. The molecule has 0 bridgehead atoms. The summed E-state index contributed by atoms with van der Waals surface area (Å²) in [7, 11) is 0. The van der Waals surface area contributed by atoms with Gasteiger partial charge in [0.15, 0.2) is 0 Å². The van der Waals surface area contributed by atoms with Gasteiger partial charge >= 0.3 is 0 Å². The molecule has 1 aliphatic heterocycles. The fourth-order valence-corrected chi connectivity index (χ4v) is 4.11. The molecule has 2 aliphatic rings. The van der Waals surface area contributed by atoms with Crippen molar-refractivity contribution in [1.82, 2.24) is 9.80 Å². The van der Waals surface area contributed by atoms with Crippen LogP contribution in [0.1, 0.15) is 49.2 Å². The molecule has 1 amide bonds. The molecule has 3 atom stereocenters. The minimum Gasteiger partial charge on any atom is -0.466 e.